The Labute approximate surface area is 218 Å². The molecule has 1 atom stereocenters. The van der Waals surface area contributed by atoms with Crippen molar-refractivity contribution in [2.45, 2.75) is 39.2 Å². The van der Waals surface area contributed by atoms with E-state index in [0.29, 0.717) is 92.4 Å². The molecule has 1 fully saturated rings. The molecular weight excluding hydrogens is 468 g/mol. The van der Waals surface area contributed by atoms with E-state index < -0.39 is 0 Å². The van der Waals surface area contributed by atoms with Gasteiger partial charge in [0.2, 0.25) is 5.91 Å². The molecule has 1 saturated heterocycles. The molecule has 0 radical (unpaired) electrons. The summed E-state index contributed by atoms with van der Waals surface area (Å²) < 4.78 is 37.6. The van der Waals surface area contributed by atoms with Crippen LogP contribution in [0.5, 0.6) is 0 Å². The Morgan fingerprint density at radius 3 is 1.58 bits per heavy atom. The van der Waals surface area contributed by atoms with Crippen LogP contribution < -0.4 is 0 Å². The van der Waals surface area contributed by atoms with Crippen molar-refractivity contribution in [3.8, 4) is 0 Å². The molecule has 1 rings (SSSR count). The highest BCUT2D eigenvalue weighted by Crippen LogP contribution is 2.24. The molecule has 0 spiro atoms. The first-order chi connectivity index (χ1) is 17.4. The Hall–Kier alpha value is -0.850. The van der Waals surface area contributed by atoms with Gasteiger partial charge in [0.1, 0.15) is 0 Å². The Kier molecular flexibility index (Phi) is 19.5. The average Bonchev–Trinajstić information content (AvgIpc) is 2.86. The van der Waals surface area contributed by atoms with Crippen molar-refractivity contribution in [3.63, 3.8) is 0 Å². The molecule has 0 unspecified atom stereocenters. The third-order valence-corrected chi connectivity index (χ3v) is 5.96. The molecule has 214 valence electrons. The zero-order valence-electron chi connectivity index (χ0n) is 23.5. The van der Waals surface area contributed by atoms with Crippen molar-refractivity contribution in [1.82, 2.24) is 9.80 Å². The van der Waals surface area contributed by atoms with E-state index in [1.807, 2.05) is 7.05 Å². The van der Waals surface area contributed by atoms with Crippen molar-refractivity contribution in [3.05, 3.63) is 0 Å². The van der Waals surface area contributed by atoms with E-state index in [1.54, 1.807) is 12.0 Å². The number of methoxy groups -OCH3 is 1. The molecule has 0 aromatic rings. The number of rotatable bonds is 22. The van der Waals surface area contributed by atoms with Gasteiger partial charge in [-0.05, 0) is 40.2 Å². The summed E-state index contributed by atoms with van der Waals surface area (Å²) in [7, 11) is 3.52. The third-order valence-electron chi connectivity index (χ3n) is 5.96. The van der Waals surface area contributed by atoms with Gasteiger partial charge in [0.05, 0.1) is 91.8 Å². The van der Waals surface area contributed by atoms with E-state index in [0.717, 1.165) is 25.9 Å². The summed E-state index contributed by atoms with van der Waals surface area (Å²) in [5, 5.41) is 0. The molecular formula is C26H52N2O8. The first kappa shape index (κ1) is 33.2. The molecule has 0 N–H and O–H groups in total. The smallest absolute Gasteiger partial charge is 0.226 e. The van der Waals surface area contributed by atoms with E-state index in [1.165, 1.54) is 0 Å². The molecule has 1 heterocycles. The number of nitrogens with zero attached hydrogens (tertiary/aromatic N) is 2. The van der Waals surface area contributed by atoms with E-state index in [-0.39, 0.29) is 17.4 Å². The van der Waals surface area contributed by atoms with Crippen LogP contribution in [0.3, 0.4) is 0 Å². The summed E-state index contributed by atoms with van der Waals surface area (Å²) >= 11 is 0. The lowest BCUT2D eigenvalue weighted by Crippen LogP contribution is -2.50. The van der Waals surface area contributed by atoms with Gasteiger partial charge in [0, 0.05) is 32.8 Å². The summed E-state index contributed by atoms with van der Waals surface area (Å²) in [6.45, 7) is 16.1. The number of piperidine rings is 1. The standard InChI is InChI=1S/C26H52N2O8/c1-26(2,3)28-8-6-7-24(23-28)25(29)27(4)9-10-31-13-14-33-17-18-35-21-22-36-20-19-34-16-15-32-12-11-30-5/h24H,6-23H2,1-5H3/t24-/m0/s1. The molecule has 0 aliphatic carbocycles. The maximum atomic E-state index is 12.8. The van der Waals surface area contributed by atoms with Gasteiger partial charge in [0.25, 0.3) is 0 Å². The highest BCUT2D eigenvalue weighted by molar-refractivity contribution is 5.78. The van der Waals surface area contributed by atoms with Crippen LogP contribution >= 0.6 is 0 Å². The number of likely N-dealkylation sites (N-methyl/N-ethyl adjacent to an activating group) is 1. The second-order valence-corrected chi connectivity index (χ2v) is 9.88. The van der Waals surface area contributed by atoms with Crippen molar-refractivity contribution in [1.29, 1.82) is 0 Å². The summed E-state index contributed by atoms with van der Waals surface area (Å²) in [5.74, 6) is 0.308. The fourth-order valence-electron chi connectivity index (χ4n) is 3.76. The second kappa shape index (κ2) is 21.1. The Morgan fingerprint density at radius 1 is 0.750 bits per heavy atom. The van der Waals surface area contributed by atoms with Crippen molar-refractivity contribution in [2.24, 2.45) is 5.92 Å². The number of likely N-dealkylation sites (tertiary alicyclic amines) is 1. The molecule has 0 aromatic carbocycles. The minimum atomic E-state index is 0.0847. The van der Waals surface area contributed by atoms with E-state index >= 15 is 0 Å². The predicted octanol–water partition coefficient (Wildman–Crippen LogP) is 1.70. The molecule has 10 nitrogen and oxygen atoms in total. The first-order valence-corrected chi connectivity index (χ1v) is 13.3. The highest BCUT2D eigenvalue weighted by Gasteiger charge is 2.32. The lowest BCUT2D eigenvalue weighted by atomic mass is 9.92. The zero-order chi connectivity index (χ0) is 26.5. The number of hydrogen-bond donors (Lipinski definition) is 0. The van der Waals surface area contributed by atoms with Crippen LogP contribution in [0.2, 0.25) is 0 Å². The quantitative estimate of drug-likeness (QED) is 0.198. The molecule has 1 aliphatic rings. The van der Waals surface area contributed by atoms with Crippen LogP contribution in [-0.2, 0) is 38.0 Å². The molecule has 0 saturated carbocycles. The monoisotopic (exact) mass is 520 g/mol. The van der Waals surface area contributed by atoms with E-state index in [9.17, 15) is 4.79 Å². The lowest BCUT2D eigenvalue weighted by Gasteiger charge is -2.41. The van der Waals surface area contributed by atoms with Crippen molar-refractivity contribution < 1.29 is 38.0 Å². The fourth-order valence-corrected chi connectivity index (χ4v) is 3.76. The van der Waals surface area contributed by atoms with E-state index in [2.05, 4.69) is 25.7 Å². The maximum Gasteiger partial charge on any atom is 0.226 e. The number of carbonyl (C=O) groups excluding carboxylic acids is 1. The molecule has 10 heteroatoms. The second-order valence-electron chi connectivity index (χ2n) is 9.88. The lowest BCUT2D eigenvalue weighted by molar-refractivity contribution is -0.137. The van der Waals surface area contributed by atoms with Crippen LogP contribution in [0.15, 0.2) is 0 Å². The van der Waals surface area contributed by atoms with Gasteiger partial charge in [0.15, 0.2) is 0 Å². The molecule has 1 amide bonds. The minimum Gasteiger partial charge on any atom is -0.382 e. The Bertz CT molecular complexity index is 533. The van der Waals surface area contributed by atoms with Crippen LogP contribution in [-0.4, -0.2) is 141 Å². The normalized spacial score (nSPS) is 17.0. The molecule has 0 bridgehead atoms. The van der Waals surface area contributed by atoms with Gasteiger partial charge in [-0.2, -0.15) is 0 Å². The first-order valence-electron chi connectivity index (χ1n) is 13.3. The predicted molar refractivity (Wildman–Crippen MR) is 138 cm³/mol. The van der Waals surface area contributed by atoms with Gasteiger partial charge in [-0.3, -0.25) is 9.69 Å². The summed E-state index contributed by atoms with van der Waals surface area (Å²) in [6, 6.07) is 0. The van der Waals surface area contributed by atoms with E-state index in [4.69, 9.17) is 33.2 Å². The van der Waals surface area contributed by atoms with Gasteiger partial charge >= 0.3 is 0 Å². The topological polar surface area (TPSA) is 88.2 Å². The summed E-state index contributed by atoms with van der Waals surface area (Å²) in [6.07, 6.45) is 2.05. The summed E-state index contributed by atoms with van der Waals surface area (Å²) in [5.41, 5.74) is 0.106. The number of hydrogen-bond acceptors (Lipinski definition) is 9. The Morgan fingerprint density at radius 2 is 1.17 bits per heavy atom. The summed E-state index contributed by atoms with van der Waals surface area (Å²) in [4.78, 5) is 17.0. The van der Waals surface area contributed by atoms with Crippen molar-refractivity contribution >= 4 is 5.91 Å². The molecule has 1 aliphatic heterocycles. The Balaban J connectivity index is 1.85. The van der Waals surface area contributed by atoms with Gasteiger partial charge < -0.3 is 38.1 Å². The highest BCUT2D eigenvalue weighted by atomic mass is 16.6. The van der Waals surface area contributed by atoms with Crippen LogP contribution in [0.4, 0.5) is 0 Å². The largest absolute Gasteiger partial charge is 0.382 e. The number of carbonyl (C=O) groups is 1. The zero-order valence-corrected chi connectivity index (χ0v) is 23.5. The van der Waals surface area contributed by atoms with Gasteiger partial charge in [-0.15, -0.1) is 0 Å². The average molecular weight is 521 g/mol. The van der Waals surface area contributed by atoms with Crippen molar-refractivity contribution in [2.75, 3.05) is 120 Å². The van der Waals surface area contributed by atoms with Crippen LogP contribution in [0, 0.1) is 5.92 Å². The van der Waals surface area contributed by atoms with Gasteiger partial charge in [-0.1, -0.05) is 0 Å². The molecule has 0 aromatic heterocycles. The fraction of sp³-hybridized carbons (Fsp3) is 0.962. The SMILES string of the molecule is COCCOCCOCCOCCOCCOCCOCCN(C)C(=O)[C@H]1CCCN(C(C)(C)C)C1. The number of ether oxygens (including phenoxy) is 7. The van der Waals surface area contributed by atoms with Crippen LogP contribution in [0.25, 0.3) is 0 Å². The molecule has 36 heavy (non-hydrogen) atoms. The maximum absolute atomic E-state index is 12.8. The minimum absolute atomic E-state index is 0.0847. The van der Waals surface area contributed by atoms with Gasteiger partial charge in [-0.25, -0.2) is 0 Å². The number of amides is 1. The third kappa shape index (κ3) is 16.8. The van der Waals surface area contributed by atoms with Crippen LogP contribution in [0.1, 0.15) is 33.6 Å².